The van der Waals surface area contributed by atoms with Crippen LogP contribution in [0.4, 0.5) is 11.4 Å². The molecule has 216 valence electrons. The first-order valence-corrected chi connectivity index (χ1v) is 15.2. The summed E-state index contributed by atoms with van der Waals surface area (Å²) in [4.78, 5) is 54.2. The highest BCUT2D eigenvalue weighted by atomic mass is 127. The Morgan fingerprint density at radius 2 is 1.67 bits per heavy atom. The molecule has 1 aliphatic heterocycles. The SMILES string of the molecule is COc1cccc(/C=C(\NC(=O)c2ccccc2)C(=O)Nc2cccc(S[C@H]3CC(=O)N(c4ccc(I)cc4)C3=O)c2)c1. The minimum Gasteiger partial charge on any atom is -0.497 e. The molecule has 0 aliphatic carbocycles. The third kappa shape index (κ3) is 7.51. The van der Waals surface area contributed by atoms with E-state index in [0.717, 1.165) is 3.57 Å². The van der Waals surface area contributed by atoms with Crippen LogP contribution in [0.15, 0.2) is 114 Å². The lowest BCUT2D eigenvalue weighted by molar-refractivity contribution is -0.121. The van der Waals surface area contributed by atoms with Crippen LogP contribution in [0.25, 0.3) is 6.08 Å². The van der Waals surface area contributed by atoms with Gasteiger partial charge < -0.3 is 15.4 Å². The topological polar surface area (TPSA) is 105 Å². The standard InChI is InChI=1S/C33H26IN3O5S/c1-42-26-11-5-7-21(17-26)18-28(36-31(39)22-8-3-2-4-9-22)32(40)35-24-10-6-12-27(19-24)43-29-20-30(38)37(33(29)41)25-15-13-23(34)14-16-25/h2-19,29H,20H2,1H3,(H,35,40)(H,36,39)/b28-18-/t29-/m0/s1. The van der Waals surface area contributed by atoms with Crippen molar-refractivity contribution in [1.82, 2.24) is 5.32 Å². The highest BCUT2D eigenvalue weighted by molar-refractivity contribution is 14.1. The van der Waals surface area contributed by atoms with Gasteiger partial charge in [0.2, 0.25) is 11.8 Å². The normalized spacial score (nSPS) is 14.9. The van der Waals surface area contributed by atoms with Crippen LogP contribution in [-0.4, -0.2) is 36.0 Å². The lowest BCUT2D eigenvalue weighted by Gasteiger charge is -2.15. The van der Waals surface area contributed by atoms with E-state index in [2.05, 4.69) is 33.2 Å². The van der Waals surface area contributed by atoms with Gasteiger partial charge in [0.25, 0.3) is 11.8 Å². The molecule has 1 aliphatic rings. The average molecular weight is 704 g/mol. The van der Waals surface area contributed by atoms with E-state index in [-0.39, 0.29) is 23.9 Å². The van der Waals surface area contributed by atoms with Crippen molar-refractivity contribution >= 4 is 75.4 Å². The van der Waals surface area contributed by atoms with E-state index in [1.165, 1.54) is 16.7 Å². The Bertz CT molecular complexity index is 1710. The molecule has 0 saturated carbocycles. The van der Waals surface area contributed by atoms with E-state index in [1.807, 2.05) is 18.2 Å². The van der Waals surface area contributed by atoms with Gasteiger partial charge in [0, 0.05) is 26.1 Å². The lowest BCUT2D eigenvalue weighted by atomic mass is 10.1. The minimum absolute atomic E-state index is 0.0323. The number of nitrogens with zero attached hydrogens (tertiary/aromatic N) is 1. The molecule has 0 spiro atoms. The number of imide groups is 1. The highest BCUT2D eigenvalue weighted by Crippen LogP contribution is 2.35. The van der Waals surface area contributed by atoms with Gasteiger partial charge >= 0.3 is 0 Å². The Hall–Kier alpha value is -4.42. The van der Waals surface area contributed by atoms with Crippen molar-refractivity contribution < 1.29 is 23.9 Å². The van der Waals surface area contributed by atoms with Gasteiger partial charge in [0.05, 0.1) is 18.0 Å². The van der Waals surface area contributed by atoms with Gasteiger partial charge in [-0.1, -0.05) is 36.4 Å². The van der Waals surface area contributed by atoms with Crippen LogP contribution in [0.1, 0.15) is 22.3 Å². The number of hydrogen-bond donors (Lipinski definition) is 2. The maximum absolute atomic E-state index is 13.5. The highest BCUT2D eigenvalue weighted by Gasteiger charge is 2.40. The quantitative estimate of drug-likeness (QED) is 0.124. The van der Waals surface area contributed by atoms with Crippen molar-refractivity contribution in [3.8, 4) is 5.75 Å². The molecule has 2 N–H and O–H groups in total. The summed E-state index contributed by atoms with van der Waals surface area (Å²) < 4.78 is 6.30. The number of nitrogens with one attached hydrogen (secondary N) is 2. The summed E-state index contributed by atoms with van der Waals surface area (Å²) >= 11 is 3.43. The summed E-state index contributed by atoms with van der Waals surface area (Å²) in [6, 6.07) is 29.9. The molecule has 4 aromatic rings. The second-order valence-electron chi connectivity index (χ2n) is 9.49. The van der Waals surface area contributed by atoms with Gasteiger partial charge in [-0.2, -0.15) is 0 Å². The van der Waals surface area contributed by atoms with E-state index >= 15 is 0 Å². The molecular weight excluding hydrogens is 677 g/mol. The van der Waals surface area contributed by atoms with Crippen LogP contribution in [0.5, 0.6) is 5.75 Å². The molecule has 43 heavy (non-hydrogen) atoms. The zero-order valence-corrected chi connectivity index (χ0v) is 25.9. The maximum Gasteiger partial charge on any atom is 0.272 e. The largest absolute Gasteiger partial charge is 0.497 e. The van der Waals surface area contributed by atoms with E-state index < -0.39 is 17.1 Å². The average Bonchev–Trinajstić information content (AvgIpc) is 3.29. The van der Waals surface area contributed by atoms with Crippen molar-refractivity contribution in [1.29, 1.82) is 0 Å². The van der Waals surface area contributed by atoms with E-state index in [4.69, 9.17) is 4.74 Å². The van der Waals surface area contributed by atoms with Crippen molar-refractivity contribution in [3.05, 3.63) is 124 Å². The van der Waals surface area contributed by atoms with Crippen molar-refractivity contribution in [2.45, 2.75) is 16.6 Å². The number of thioether (sulfide) groups is 1. The molecule has 0 aromatic heterocycles. The summed E-state index contributed by atoms with van der Waals surface area (Å²) in [6.07, 6.45) is 1.64. The Labute approximate surface area is 266 Å². The van der Waals surface area contributed by atoms with Crippen molar-refractivity contribution in [3.63, 3.8) is 0 Å². The molecule has 4 amide bonds. The van der Waals surface area contributed by atoms with Gasteiger partial charge in [-0.05, 0) is 101 Å². The first-order valence-electron chi connectivity index (χ1n) is 13.2. The van der Waals surface area contributed by atoms with E-state index in [0.29, 0.717) is 33.1 Å². The summed E-state index contributed by atoms with van der Waals surface area (Å²) in [5.41, 5.74) is 2.11. The predicted octanol–water partition coefficient (Wildman–Crippen LogP) is 6.13. The van der Waals surface area contributed by atoms with Crippen LogP contribution in [-0.2, 0) is 14.4 Å². The number of methoxy groups -OCH3 is 1. The van der Waals surface area contributed by atoms with Gasteiger partial charge in [0.1, 0.15) is 11.4 Å². The molecule has 1 saturated heterocycles. The fourth-order valence-electron chi connectivity index (χ4n) is 4.41. The van der Waals surface area contributed by atoms with Crippen LogP contribution in [0.3, 0.4) is 0 Å². The Morgan fingerprint density at radius 3 is 2.42 bits per heavy atom. The number of ether oxygens (including phenoxy) is 1. The number of carbonyl (C=O) groups excluding carboxylic acids is 4. The molecule has 5 rings (SSSR count). The zero-order chi connectivity index (χ0) is 30.3. The van der Waals surface area contributed by atoms with Gasteiger partial charge in [-0.15, -0.1) is 11.8 Å². The Morgan fingerprint density at radius 1 is 0.930 bits per heavy atom. The van der Waals surface area contributed by atoms with Crippen LogP contribution in [0.2, 0.25) is 0 Å². The molecule has 1 heterocycles. The molecule has 8 nitrogen and oxygen atoms in total. The second kappa shape index (κ2) is 13.7. The number of carbonyl (C=O) groups is 4. The third-order valence-corrected chi connectivity index (χ3v) is 8.39. The molecule has 1 atom stereocenters. The fourth-order valence-corrected chi connectivity index (χ4v) is 5.88. The molecule has 1 fully saturated rings. The number of rotatable bonds is 9. The third-order valence-electron chi connectivity index (χ3n) is 6.49. The molecule has 10 heteroatoms. The number of hydrogen-bond acceptors (Lipinski definition) is 6. The minimum atomic E-state index is -0.591. The molecule has 0 radical (unpaired) electrons. The molecular formula is C33H26IN3O5S. The zero-order valence-electron chi connectivity index (χ0n) is 23.0. The van der Waals surface area contributed by atoms with Gasteiger partial charge in [0.15, 0.2) is 0 Å². The first-order chi connectivity index (χ1) is 20.8. The Kier molecular flexibility index (Phi) is 9.58. The number of benzene rings is 4. The van der Waals surface area contributed by atoms with Crippen LogP contribution >= 0.6 is 34.4 Å². The number of anilines is 2. The monoisotopic (exact) mass is 703 g/mol. The molecule has 0 bridgehead atoms. The van der Waals surface area contributed by atoms with E-state index in [9.17, 15) is 19.2 Å². The van der Waals surface area contributed by atoms with Crippen LogP contribution < -0.4 is 20.3 Å². The number of halogens is 1. The van der Waals surface area contributed by atoms with Crippen molar-refractivity contribution in [2.24, 2.45) is 0 Å². The first kappa shape index (κ1) is 30.1. The predicted molar refractivity (Wildman–Crippen MR) is 176 cm³/mol. The van der Waals surface area contributed by atoms with Gasteiger partial charge in [-0.3, -0.25) is 19.2 Å². The second-order valence-corrected chi connectivity index (χ2v) is 12.0. The summed E-state index contributed by atoms with van der Waals surface area (Å²) in [5.74, 6) is -0.900. The summed E-state index contributed by atoms with van der Waals surface area (Å²) in [5, 5.41) is 4.98. The van der Waals surface area contributed by atoms with Crippen LogP contribution in [0, 0.1) is 3.57 Å². The lowest BCUT2D eigenvalue weighted by Crippen LogP contribution is -2.31. The summed E-state index contributed by atoms with van der Waals surface area (Å²) in [7, 11) is 1.55. The van der Waals surface area contributed by atoms with Crippen molar-refractivity contribution in [2.75, 3.05) is 17.3 Å². The van der Waals surface area contributed by atoms with E-state index in [1.54, 1.807) is 98.1 Å². The van der Waals surface area contributed by atoms with Gasteiger partial charge in [-0.25, -0.2) is 4.90 Å². The maximum atomic E-state index is 13.5. The molecule has 0 unspecified atom stereocenters. The number of amides is 4. The summed E-state index contributed by atoms with van der Waals surface area (Å²) in [6.45, 7) is 0. The molecule has 4 aromatic carbocycles. The smallest absolute Gasteiger partial charge is 0.272 e. The Balaban J connectivity index is 1.33. The fraction of sp³-hybridized carbons (Fsp3) is 0.0909.